The van der Waals surface area contributed by atoms with E-state index in [1.54, 1.807) is 0 Å². The minimum absolute atomic E-state index is 0.795. The summed E-state index contributed by atoms with van der Waals surface area (Å²) >= 11 is 0. The zero-order valence-corrected chi connectivity index (χ0v) is 10.5. The molecule has 18 heavy (non-hydrogen) atoms. The Balaban J connectivity index is 1.64. The Morgan fingerprint density at radius 1 is 1.17 bits per heavy atom. The largest absolute Gasteiger partial charge is 0.314 e. The van der Waals surface area contributed by atoms with E-state index in [1.165, 1.54) is 24.0 Å². The molecule has 2 aromatic rings. The second-order valence-corrected chi connectivity index (χ2v) is 4.95. The zero-order valence-electron chi connectivity index (χ0n) is 10.5. The number of aromatic nitrogens is 2. The summed E-state index contributed by atoms with van der Waals surface area (Å²) in [6.45, 7) is 1.95. The molecule has 1 fully saturated rings. The van der Waals surface area contributed by atoms with Gasteiger partial charge in [0, 0.05) is 18.4 Å². The first-order chi connectivity index (χ1) is 8.92. The maximum atomic E-state index is 4.27. The Morgan fingerprint density at radius 3 is 2.72 bits per heavy atom. The summed E-state index contributed by atoms with van der Waals surface area (Å²) in [4.78, 5) is 0. The third-order valence-electron chi connectivity index (χ3n) is 3.41. The predicted octanol–water partition coefficient (Wildman–Crippen LogP) is 2.23. The van der Waals surface area contributed by atoms with Gasteiger partial charge in [-0.15, -0.1) is 0 Å². The van der Waals surface area contributed by atoms with Crippen LogP contribution in [0.25, 0.3) is 0 Å². The Bertz CT molecular complexity index is 486. The highest BCUT2D eigenvalue weighted by molar-refractivity contribution is 5.27. The Hall–Kier alpha value is -1.61. The maximum absolute atomic E-state index is 4.27. The van der Waals surface area contributed by atoms with Gasteiger partial charge in [-0.1, -0.05) is 24.3 Å². The fourth-order valence-corrected chi connectivity index (χ4v) is 2.22. The second-order valence-electron chi connectivity index (χ2n) is 4.95. The number of rotatable bonds is 6. The van der Waals surface area contributed by atoms with Gasteiger partial charge in [0.1, 0.15) is 0 Å². The SMILES string of the molecule is c1ccc(Cn2cccn2)c(CCNC2CC2)c1. The number of hydrogen-bond donors (Lipinski definition) is 1. The van der Waals surface area contributed by atoms with Crippen molar-refractivity contribution in [1.82, 2.24) is 15.1 Å². The van der Waals surface area contributed by atoms with E-state index < -0.39 is 0 Å². The molecule has 1 N–H and O–H groups in total. The first kappa shape index (κ1) is 11.5. The van der Waals surface area contributed by atoms with Gasteiger partial charge in [-0.3, -0.25) is 4.68 Å². The highest BCUT2D eigenvalue weighted by Gasteiger charge is 2.19. The van der Waals surface area contributed by atoms with Gasteiger partial charge < -0.3 is 5.32 Å². The number of benzene rings is 1. The summed E-state index contributed by atoms with van der Waals surface area (Å²) in [6.07, 6.45) is 7.66. The lowest BCUT2D eigenvalue weighted by Gasteiger charge is -2.10. The molecule has 0 saturated heterocycles. The van der Waals surface area contributed by atoms with E-state index in [0.717, 1.165) is 25.6 Å². The summed E-state index contributed by atoms with van der Waals surface area (Å²) in [7, 11) is 0. The molecule has 0 atom stereocenters. The monoisotopic (exact) mass is 241 g/mol. The van der Waals surface area contributed by atoms with Crippen molar-refractivity contribution in [3.8, 4) is 0 Å². The molecule has 0 unspecified atom stereocenters. The molecule has 0 radical (unpaired) electrons. The Kier molecular flexibility index (Phi) is 3.42. The fourth-order valence-electron chi connectivity index (χ4n) is 2.22. The minimum atomic E-state index is 0.795. The van der Waals surface area contributed by atoms with Crippen molar-refractivity contribution in [2.75, 3.05) is 6.54 Å². The van der Waals surface area contributed by atoms with Gasteiger partial charge in [0.05, 0.1) is 6.54 Å². The quantitative estimate of drug-likeness (QED) is 0.840. The van der Waals surface area contributed by atoms with Crippen LogP contribution in [0.2, 0.25) is 0 Å². The van der Waals surface area contributed by atoms with Gasteiger partial charge in [-0.2, -0.15) is 5.10 Å². The Morgan fingerprint density at radius 2 is 2.00 bits per heavy atom. The highest BCUT2D eigenvalue weighted by Crippen LogP contribution is 2.18. The lowest BCUT2D eigenvalue weighted by atomic mass is 10.0. The standard InChI is InChI=1S/C15H19N3/c1-2-5-14(12-18-11-3-9-17-18)13(4-1)8-10-16-15-6-7-15/h1-5,9,11,15-16H,6-8,10,12H2. The molecule has 0 spiro atoms. The van der Waals surface area contributed by atoms with Crippen LogP contribution >= 0.6 is 0 Å². The molecule has 1 aromatic heterocycles. The van der Waals surface area contributed by atoms with Crippen molar-refractivity contribution < 1.29 is 0 Å². The van der Waals surface area contributed by atoms with Gasteiger partial charge in [0.2, 0.25) is 0 Å². The van der Waals surface area contributed by atoms with E-state index in [-0.39, 0.29) is 0 Å². The normalized spacial score (nSPS) is 14.9. The van der Waals surface area contributed by atoms with Crippen LogP contribution in [-0.4, -0.2) is 22.4 Å². The summed E-state index contributed by atoms with van der Waals surface area (Å²) < 4.78 is 1.98. The van der Waals surface area contributed by atoms with Crippen LogP contribution < -0.4 is 5.32 Å². The molecule has 1 heterocycles. The van der Waals surface area contributed by atoms with E-state index in [4.69, 9.17) is 0 Å². The number of nitrogens with one attached hydrogen (secondary N) is 1. The molecule has 1 aliphatic rings. The van der Waals surface area contributed by atoms with Crippen molar-refractivity contribution in [1.29, 1.82) is 0 Å². The second kappa shape index (κ2) is 5.36. The molecule has 94 valence electrons. The molecule has 3 nitrogen and oxygen atoms in total. The van der Waals surface area contributed by atoms with Crippen LogP contribution in [0, 0.1) is 0 Å². The topological polar surface area (TPSA) is 29.9 Å². The van der Waals surface area contributed by atoms with E-state index in [9.17, 15) is 0 Å². The molecule has 1 aromatic carbocycles. The van der Waals surface area contributed by atoms with Crippen LogP contribution in [0.5, 0.6) is 0 Å². The van der Waals surface area contributed by atoms with Gasteiger partial charge in [-0.05, 0) is 43.0 Å². The molecule has 0 aliphatic heterocycles. The molecule has 0 amide bonds. The van der Waals surface area contributed by atoms with Crippen LogP contribution in [0.3, 0.4) is 0 Å². The van der Waals surface area contributed by atoms with Gasteiger partial charge in [-0.25, -0.2) is 0 Å². The summed E-state index contributed by atoms with van der Waals surface area (Å²) in [5.41, 5.74) is 2.81. The van der Waals surface area contributed by atoms with E-state index >= 15 is 0 Å². The maximum Gasteiger partial charge on any atom is 0.0662 e. The van der Waals surface area contributed by atoms with Gasteiger partial charge >= 0.3 is 0 Å². The fraction of sp³-hybridized carbons (Fsp3) is 0.400. The van der Waals surface area contributed by atoms with E-state index in [2.05, 4.69) is 34.7 Å². The van der Waals surface area contributed by atoms with Crippen molar-refractivity contribution >= 4 is 0 Å². The van der Waals surface area contributed by atoms with Crippen molar-refractivity contribution in [3.05, 3.63) is 53.9 Å². The molecular formula is C15H19N3. The van der Waals surface area contributed by atoms with Crippen LogP contribution in [0.1, 0.15) is 24.0 Å². The summed E-state index contributed by atoms with van der Waals surface area (Å²) in [5, 5.41) is 7.84. The molecule has 1 aliphatic carbocycles. The zero-order chi connectivity index (χ0) is 12.2. The van der Waals surface area contributed by atoms with Crippen molar-refractivity contribution in [3.63, 3.8) is 0 Å². The third kappa shape index (κ3) is 2.99. The average Bonchev–Trinajstić information content (AvgIpc) is 3.07. The van der Waals surface area contributed by atoms with E-state index in [0.29, 0.717) is 0 Å². The third-order valence-corrected chi connectivity index (χ3v) is 3.41. The average molecular weight is 241 g/mol. The first-order valence-corrected chi connectivity index (χ1v) is 6.69. The van der Waals surface area contributed by atoms with Gasteiger partial charge in [0.25, 0.3) is 0 Å². The highest BCUT2D eigenvalue weighted by atomic mass is 15.3. The molecular weight excluding hydrogens is 222 g/mol. The minimum Gasteiger partial charge on any atom is -0.314 e. The van der Waals surface area contributed by atoms with Crippen molar-refractivity contribution in [2.45, 2.75) is 31.8 Å². The lowest BCUT2D eigenvalue weighted by Crippen LogP contribution is -2.20. The van der Waals surface area contributed by atoms with Crippen LogP contribution in [0.15, 0.2) is 42.7 Å². The molecule has 0 bridgehead atoms. The van der Waals surface area contributed by atoms with Gasteiger partial charge in [0.15, 0.2) is 0 Å². The molecule has 3 rings (SSSR count). The molecule has 1 saturated carbocycles. The van der Waals surface area contributed by atoms with E-state index in [1.807, 2.05) is 23.1 Å². The molecule has 3 heteroatoms. The van der Waals surface area contributed by atoms with Crippen LogP contribution in [0.4, 0.5) is 0 Å². The smallest absolute Gasteiger partial charge is 0.0662 e. The number of hydrogen-bond acceptors (Lipinski definition) is 2. The number of nitrogens with zero attached hydrogens (tertiary/aromatic N) is 2. The van der Waals surface area contributed by atoms with Crippen molar-refractivity contribution in [2.24, 2.45) is 0 Å². The Labute approximate surface area is 108 Å². The predicted molar refractivity (Wildman–Crippen MR) is 72.5 cm³/mol. The summed E-state index contributed by atoms with van der Waals surface area (Å²) in [6, 6.07) is 11.4. The lowest BCUT2D eigenvalue weighted by molar-refractivity contribution is 0.660. The summed E-state index contributed by atoms with van der Waals surface area (Å²) in [5.74, 6) is 0. The van der Waals surface area contributed by atoms with Crippen LogP contribution in [-0.2, 0) is 13.0 Å². The first-order valence-electron chi connectivity index (χ1n) is 6.69.